The van der Waals surface area contributed by atoms with E-state index < -0.39 is 0 Å². The zero-order chi connectivity index (χ0) is 17.8. The van der Waals surface area contributed by atoms with E-state index in [0.717, 1.165) is 17.1 Å². The van der Waals surface area contributed by atoms with Crippen molar-refractivity contribution in [3.63, 3.8) is 0 Å². The summed E-state index contributed by atoms with van der Waals surface area (Å²) in [5, 5.41) is 6.46. The maximum Gasteiger partial charge on any atom is 0.229 e. The molecule has 0 spiro atoms. The third-order valence-electron chi connectivity index (χ3n) is 3.73. The molecule has 0 bridgehead atoms. The molecule has 5 heteroatoms. The van der Waals surface area contributed by atoms with Crippen LogP contribution < -0.4 is 10.6 Å². The third kappa shape index (κ3) is 4.41. The minimum atomic E-state index is 0.0500. The molecule has 0 radical (unpaired) electrons. The molecule has 2 aromatic carbocycles. The number of hydrogen-bond donors (Lipinski definition) is 2. The minimum absolute atomic E-state index is 0.0500. The predicted molar refractivity (Wildman–Crippen MR) is 101 cm³/mol. The molecule has 0 amide bonds. The molecule has 3 rings (SSSR count). The van der Waals surface area contributed by atoms with Gasteiger partial charge in [-0.3, -0.25) is 4.79 Å². The van der Waals surface area contributed by atoms with Gasteiger partial charge in [0.05, 0.1) is 0 Å². The first kappa shape index (κ1) is 16.6. The Labute approximate surface area is 147 Å². The summed E-state index contributed by atoms with van der Waals surface area (Å²) in [6.45, 7) is 5.53. The van der Waals surface area contributed by atoms with Crippen molar-refractivity contribution in [2.75, 3.05) is 10.6 Å². The predicted octanol–water partition coefficient (Wildman–Crippen LogP) is 4.78. The van der Waals surface area contributed by atoms with Gasteiger partial charge in [0.2, 0.25) is 5.95 Å². The normalized spacial score (nSPS) is 10.4. The molecule has 0 saturated heterocycles. The monoisotopic (exact) mass is 332 g/mol. The first-order valence-electron chi connectivity index (χ1n) is 8.07. The number of nitrogens with zero attached hydrogens (tertiary/aromatic N) is 2. The number of aryl methyl sites for hydroxylation is 2. The summed E-state index contributed by atoms with van der Waals surface area (Å²) in [6, 6.07) is 17.3. The van der Waals surface area contributed by atoms with Gasteiger partial charge < -0.3 is 10.6 Å². The van der Waals surface area contributed by atoms with Gasteiger partial charge in [0.25, 0.3) is 0 Å². The largest absolute Gasteiger partial charge is 0.340 e. The average molecular weight is 332 g/mol. The van der Waals surface area contributed by atoms with Crippen molar-refractivity contribution in [2.24, 2.45) is 0 Å². The molecule has 1 heterocycles. The number of ketones is 1. The summed E-state index contributed by atoms with van der Waals surface area (Å²) < 4.78 is 0. The highest BCUT2D eigenvalue weighted by molar-refractivity contribution is 5.94. The Morgan fingerprint density at radius 3 is 2.08 bits per heavy atom. The van der Waals surface area contributed by atoms with Crippen molar-refractivity contribution in [2.45, 2.75) is 20.8 Å². The van der Waals surface area contributed by atoms with Gasteiger partial charge in [0.15, 0.2) is 5.78 Å². The molecule has 126 valence electrons. The lowest BCUT2D eigenvalue weighted by molar-refractivity contribution is 0.101. The van der Waals surface area contributed by atoms with Crippen molar-refractivity contribution >= 4 is 28.9 Å². The zero-order valence-electron chi connectivity index (χ0n) is 14.5. The van der Waals surface area contributed by atoms with E-state index in [2.05, 4.69) is 20.6 Å². The van der Waals surface area contributed by atoms with Gasteiger partial charge in [-0.1, -0.05) is 17.7 Å². The smallest absolute Gasteiger partial charge is 0.229 e. The molecule has 0 aliphatic heterocycles. The lowest BCUT2D eigenvalue weighted by Gasteiger charge is -2.10. The van der Waals surface area contributed by atoms with Crippen LogP contribution in [-0.4, -0.2) is 15.8 Å². The Hall–Kier alpha value is -3.21. The topological polar surface area (TPSA) is 66.9 Å². The van der Waals surface area contributed by atoms with Gasteiger partial charge in [-0.05, 0) is 57.2 Å². The van der Waals surface area contributed by atoms with Crippen LogP contribution in [0.1, 0.15) is 28.5 Å². The number of anilines is 4. The van der Waals surface area contributed by atoms with Crippen LogP contribution in [0, 0.1) is 13.8 Å². The van der Waals surface area contributed by atoms with Gasteiger partial charge in [-0.15, -0.1) is 0 Å². The Balaban J connectivity index is 1.79. The van der Waals surface area contributed by atoms with E-state index in [4.69, 9.17) is 0 Å². The number of carbonyl (C=O) groups is 1. The number of Topliss-reactive ketones (excluding diaryl/α,β-unsaturated/α-hetero) is 1. The van der Waals surface area contributed by atoms with Gasteiger partial charge >= 0.3 is 0 Å². The number of carbonyl (C=O) groups excluding carboxylic acids is 1. The maximum atomic E-state index is 11.3. The molecule has 2 N–H and O–H groups in total. The van der Waals surface area contributed by atoms with Crippen LogP contribution in [0.4, 0.5) is 23.1 Å². The highest BCUT2D eigenvalue weighted by atomic mass is 16.1. The second kappa shape index (κ2) is 7.13. The highest BCUT2D eigenvalue weighted by Crippen LogP contribution is 2.20. The fraction of sp³-hybridized carbons (Fsp3) is 0.150. The molecule has 0 atom stereocenters. The number of rotatable bonds is 5. The molecule has 1 aromatic heterocycles. The average Bonchev–Trinajstić information content (AvgIpc) is 2.57. The van der Waals surface area contributed by atoms with Gasteiger partial charge in [-0.25, -0.2) is 4.98 Å². The quantitative estimate of drug-likeness (QED) is 0.658. The summed E-state index contributed by atoms with van der Waals surface area (Å²) in [5.74, 6) is 1.28. The van der Waals surface area contributed by atoms with Crippen LogP contribution in [0.2, 0.25) is 0 Å². The molecule has 0 aliphatic rings. The third-order valence-corrected chi connectivity index (χ3v) is 3.73. The van der Waals surface area contributed by atoms with Gasteiger partial charge in [0, 0.05) is 28.7 Å². The van der Waals surface area contributed by atoms with Crippen molar-refractivity contribution in [1.29, 1.82) is 0 Å². The number of nitrogens with one attached hydrogen (secondary N) is 2. The van der Waals surface area contributed by atoms with Crippen LogP contribution in [0.5, 0.6) is 0 Å². The lowest BCUT2D eigenvalue weighted by atomic mass is 10.1. The summed E-state index contributed by atoms with van der Waals surface area (Å²) in [7, 11) is 0. The van der Waals surface area contributed by atoms with Gasteiger partial charge in [-0.2, -0.15) is 4.98 Å². The van der Waals surface area contributed by atoms with Gasteiger partial charge in [0.1, 0.15) is 5.82 Å². The second-order valence-corrected chi connectivity index (χ2v) is 5.97. The van der Waals surface area contributed by atoms with E-state index in [1.807, 2.05) is 56.3 Å². The Morgan fingerprint density at radius 2 is 1.44 bits per heavy atom. The second-order valence-electron chi connectivity index (χ2n) is 5.97. The fourth-order valence-electron chi connectivity index (χ4n) is 2.39. The fourth-order valence-corrected chi connectivity index (χ4v) is 2.39. The summed E-state index contributed by atoms with van der Waals surface area (Å²) >= 11 is 0. The van der Waals surface area contributed by atoms with Crippen molar-refractivity contribution in [3.05, 3.63) is 71.4 Å². The molecular weight excluding hydrogens is 312 g/mol. The Morgan fingerprint density at radius 1 is 0.840 bits per heavy atom. The minimum Gasteiger partial charge on any atom is -0.340 e. The number of benzene rings is 2. The molecule has 0 unspecified atom stereocenters. The summed E-state index contributed by atoms with van der Waals surface area (Å²) in [4.78, 5) is 20.3. The maximum absolute atomic E-state index is 11.3. The van der Waals surface area contributed by atoms with Crippen LogP contribution >= 0.6 is 0 Å². The molecule has 5 nitrogen and oxygen atoms in total. The molecule has 3 aromatic rings. The lowest BCUT2D eigenvalue weighted by Crippen LogP contribution is -2.02. The van der Waals surface area contributed by atoms with Crippen LogP contribution in [0.15, 0.2) is 54.6 Å². The van der Waals surface area contributed by atoms with E-state index in [1.54, 1.807) is 19.1 Å². The first-order chi connectivity index (χ1) is 12.0. The molecular formula is C20H20N4O. The van der Waals surface area contributed by atoms with Crippen LogP contribution in [0.3, 0.4) is 0 Å². The van der Waals surface area contributed by atoms with Crippen LogP contribution in [-0.2, 0) is 0 Å². The van der Waals surface area contributed by atoms with Crippen molar-refractivity contribution in [3.8, 4) is 0 Å². The summed E-state index contributed by atoms with van der Waals surface area (Å²) in [5.41, 5.74) is 4.54. The molecule has 25 heavy (non-hydrogen) atoms. The highest BCUT2D eigenvalue weighted by Gasteiger charge is 2.05. The van der Waals surface area contributed by atoms with E-state index in [0.29, 0.717) is 17.3 Å². The number of hydrogen-bond acceptors (Lipinski definition) is 5. The standard InChI is InChI=1S/C20H20N4O/c1-13-4-8-18(9-5-13)23-20-21-14(2)12-19(24-20)22-17-10-6-16(7-11-17)15(3)25/h4-12H,1-3H3,(H2,21,22,23,24). The van der Waals surface area contributed by atoms with E-state index in [1.165, 1.54) is 5.56 Å². The van der Waals surface area contributed by atoms with Crippen molar-refractivity contribution < 1.29 is 4.79 Å². The SMILES string of the molecule is CC(=O)c1ccc(Nc2cc(C)nc(Nc3ccc(C)cc3)n2)cc1. The van der Waals surface area contributed by atoms with Crippen molar-refractivity contribution in [1.82, 2.24) is 9.97 Å². The molecule has 0 aliphatic carbocycles. The van der Waals surface area contributed by atoms with Crippen LogP contribution in [0.25, 0.3) is 0 Å². The Kier molecular flexibility index (Phi) is 4.75. The van der Waals surface area contributed by atoms with E-state index in [-0.39, 0.29) is 5.78 Å². The summed E-state index contributed by atoms with van der Waals surface area (Å²) in [6.07, 6.45) is 0. The Bertz CT molecular complexity index is 887. The zero-order valence-corrected chi connectivity index (χ0v) is 14.5. The first-order valence-corrected chi connectivity index (χ1v) is 8.07. The van der Waals surface area contributed by atoms with E-state index >= 15 is 0 Å². The molecule has 0 fully saturated rings. The number of aromatic nitrogens is 2. The molecule has 0 saturated carbocycles. The van der Waals surface area contributed by atoms with E-state index in [9.17, 15) is 4.79 Å².